The molecule has 0 radical (unpaired) electrons. The zero-order valence-corrected chi connectivity index (χ0v) is 17.3. The molecule has 1 amide bonds. The number of carbonyl (C=O) groups is 1. The Kier molecular flexibility index (Phi) is 5.78. The Labute approximate surface area is 170 Å². The summed E-state index contributed by atoms with van der Waals surface area (Å²) >= 11 is 1.65. The average Bonchev–Trinajstić information content (AvgIpc) is 3.21. The molecule has 1 N–H and O–H groups in total. The van der Waals surface area contributed by atoms with Crippen molar-refractivity contribution in [3.63, 3.8) is 0 Å². The Hall–Kier alpha value is -2.18. The van der Waals surface area contributed by atoms with Crippen molar-refractivity contribution in [2.45, 2.75) is 17.9 Å². The third kappa shape index (κ3) is 3.98. The first-order valence-electron chi connectivity index (χ1n) is 9.77. The van der Waals surface area contributed by atoms with E-state index in [1.807, 2.05) is 29.4 Å². The van der Waals surface area contributed by atoms with Gasteiger partial charge in [-0.15, -0.1) is 11.8 Å². The molecule has 0 aromatic heterocycles. The van der Waals surface area contributed by atoms with Gasteiger partial charge in [0.2, 0.25) is 0 Å². The summed E-state index contributed by atoms with van der Waals surface area (Å²) in [4.78, 5) is 17.6. The molecule has 2 aliphatic rings. The van der Waals surface area contributed by atoms with Gasteiger partial charge in [0, 0.05) is 16.9 Å². The first kappa shape index (κ1) is 19.2. The number of amides is 1. The standard InChI is InChI=1S/C22H26N2O3S/c1-26-21-14-18(28-2)4-5-19(21)22(25)24-10-8-23(9-11-24)15-16-3-6-20-17(13-16)7-12-27-20/h3-6,13-14H,7-12,15H2,1-2H3/p+1. The molecule has 4 rings (SSSR count). The second-order valence-electron chi connectivity index (χ2n) is 7.33. The number of nitrogens with zero attached hydrogens (tertiary/aromatic N) is 1. The van der Waals surface area contributed by atoms with E-state index in [-0.39, 0.29) is 5.91 Å². The van der Waals surface area contributed by atoms with Crippen LogP contribution in [-0.4, -0.2) is 57.0 Å². The van der Waals surface area contributed by atoms with Crippen molar-refractivity contribution in [1.29, 1.82) is 0 Å². The molecular weight excluding hydrogens is 372 g/mol. The molecule has 1 fully saturated rings. The number of methoxy groups -OCH3 is 1. The number of benzene rings is 2. The van der Waals surface area contributed by atoms with Crippen molar-refractivity contribution in [3.8, 4) is 11.5 Å². The molecule has 6 heteroatoms. The maximum Gasteiger partial charge on any atom is 0.258 e. The lowest BCUT2D eigenvalue weighted by atomic mass is 10.1. The van der Waals surface area contributed by atoms with Gasteiger partial charge < -0.3 is 19.3 Å². The highest BCUT2D eigenvalue weighted by molar-refractivity contribution is 7.98. The quantitative estimate of drug-likeness (QED) is 0.780. The fourth-order valence-electron chi connectivity index (χ4n) is 3.99. The monoisotopic (exact) mass is 399 g/mol. The molecule has 2 aromatic carbocycles. The molecule has 0 saturated carbocycles. The van der Waals surface area contributed by atoms with E-state index in [4.69, 9.17) is 9.47 Å². The van der Waals surface area contributed by atoms with Crippen LogP contribution in [-0.2, 0) is 13.0 Å². The Balaban J connectivity index is 1.37. The van der Waals surface area contributed by atoms with Gasteiger partial charge in [0.1, 0.15) is 18.0 Å². The van der Waals surface area contributed by atoms with Crippen LogP contribution in [0.2, 0.25) is 0 Å². The Morgan fingerprint density at radius 1 is 1.21 bits per heavy atom. The summed E-state index contributed by atoms with van der Waals surface area (Å²) in [5, 5.41) is 0. The molecule has 0 unspecified atom stereocenters. The van der Waals surface area contributed by atoms with Gasteiger partial charge >= 0.3 is 0 Å². The number of quaternary nitrogens is 1. The summed E-state index contributed by atoms with van der Waals surface area (Å²) in [5.74, 6) is 1.76. The van der Waals surface area contributed by atoms with Gasteiger partial charge in [0.25, 0.3) is 5.91 Å². The zero-order valence-electron chi connectivity index (χ0n) is 16.5. The van der Waals surface area contributed by atoms with Gasteiger partial charge in [-0.1, -0.05) is 0 Å². The zero-order chi connectivity index (χ0) is 19.5. The maximum atomic E-state index is 13.0. The summed E-state index contributed by atoms with van der Waals surface area (Å²) in [6.45, 7) is 5.27. The van der Waals surface area contributed by atoms with Gasteiger partial charge in [0.15, 0.2) is 0 Å². The Morgan fingerprint density at radius 3 is 2.79 bits per heavy atom. The molecule has 5 nitrogen and oxygen atoms in total. The Bertz CT molecular complexity index is 863. The van der Waals surface area contributed by atoms with Crippen molar-refractivity contribution in [2.24, 2.45) is 0 Å². The summed E-state index contributed by atoms with van der Waals surface area (Å²) < 4.78 is 11.1. The second-order valence-corrected chi connectivity index (χ2v) is 8.21. The highest BCUT2D eigenvalue weighted by Crippen LogP contribution is 2.27. The van der Waals surface area contributed by atoms with Gasteiger partial charge in [-0.05, 0) is 48.2 Å². The van der Waals surface area contributed by atoms with Crippen LogP contribution in [0.1, 0.15) is 21.5 Å². The summed E-state index contributed by atoms with van der Waals surface area (Å²) in [6, 6.07) is 12.4. The van der Waals surface area contributed by atoms with Crippen molar-refractivity contribution in [3.05, 3.63) is 53.1 Å². The number of fused-ring (bicyclic) bond motifs is 1. The van der Waals surface area contributed by atoms with Crippen molar-refractivity contribution in [2.75, 3.05) is 46.2 Å². The topological polar surface area (TPSA) is 43.2 Å². The first-order valence-corrected chi connectivity index (χ1v) is 11.0. The van der Waals surface area contributed by atoms with Crippen molar-refractivity contribution < 1.29 is 19.2 Å². The number of nitrogens with one attached hydrogen (secondary N) is 1. The van der Waals surface area contributed by atoms with Gasteiger partial charge in [-0.2, -0.15) is 0 Å². The highest BCUT2D eigenvalue weighted by Gasteiger charge is 2.26. The van der Waals surface area contributed by atoms with Crippen LogP contribution in [0.3, 0.4) is 0 Å². The molecule has 0 bridgehead atoms. The van der Waals surface area contributed by atoms with Gasteiger partial charge in [-0.3, -0.25) is 4.79 Å². The van der Waals surface area contributed by atoms with E-state index in [1.54, 1.807) is 18.9 Å². The van der Waals surface area contributed by atoms with Crippen LogP contribution in [0, 0.1) is 0 Å². The number of ether oxygens (including phenoxy) is 2. The molecule has 148 valence electrons. The van der Waals surface area contributed by atoms with Gasteiger partial charge in [0.05, 0.1) is 45.5 Å². The van der Waals surface area contributed by atoms with E-state index >= 15 is 0 Å². The fraction of sp³-hybridized carbons (Fsp3) is 0.409. The number of rotatable bonds is 5. The lowest BCUT2D eigenvalue weighted by Gasteiger charge is -2.32. The molecule has 2 heterocycles. The lowest BCUT2D eigenvalue weighted by Crippen LogP contribution is -3.13. The van der Waals surface area contributed by atoms with E-state index < -0.39 is 0 Å². The number of carbonyl (C=O) groups excluding carboxylic acids is 1. The maximum absolute atomic E-state index is 13.0. The third-order valence-corrected chi connectivity index (χ3v) is 6.33. The SMILES string of the molecule is COc1cc(SC)ccc1C(=O)N1CC[NH+](Cc2ccc3c(c2)CCO3)CC1. The molecule has 0 atom stereocenters. The predicted molar refractivity (Wildman–Crippen MR) is 111 cm³/mol. The molecule has 28 heavy (non-hydrogen) atoms. The summed E-state index contributed by atoms with van der Waals surface area (Å²) in [7, 11) is 1.62. The molecule has 0 spiro atoms. The number of piperazine rings is 1. The van der Waals surface area contributed by atoms with Crippen LogP contribution in [0.4, 0.5) is 0 Å². The van der Waals surface area contributed by atoms with E-state index in [9.17, 15) is 4.79 Å². The number of thioether (sulfide) groups is 1. The van der Waals surface area contributed by atoms with Crippen LogP contribution in [0.25, 0.3) is 0 Å². The molecule has 2 aliphatic heterocycles. The van der Waals surface area contributed by atoms with E-state index in [1.165, 1.54) is 16.0 Å². The summed E-state index contributed by atoms with van der Waals surface area (Å²) in [6.07, 6.45) is 3.03. The predicted octanol–water partition coefficient (Wildman–Crippen LogP) is 1.89. The smallest absolute Gasteiger partial charge is 0.258 e. The minimum atomic E-state index is 0.0678. The molecular formula is C22H27N2O3S+. The van der Waals surface area contributed by atoms with Crippen LogP contribution in [0.15, 0.2) is 41.3 Å². The minimum Gasteiger partial charge on any atom is -0.496 e. The van der Waals surface area contributed by atoms with Gasteiger partial charge in [-0.25, -0.2) is 0 Å². The van der Waals surface area contributed by atoms with E-state index in [0.29, 0.717) is 11.3 Å². The van der Waals surface area contributed by atoms with Crippen LogP contribution < -0.4 is 14.4 Å². The largest absolute Gasteiger partial charge is 0.496 e. The van der Waals surface area contributed by atoms with Crippen LogP contribution >= 0.6 is 11.8 Å². The molecule has 0 aliphatic carbocycles. The third-order valence-electron chi connectivity index (χ3n) is 5.60. The van der Waals surface area contributed by atoms with Crippen LogP contribution in [0.5, 0.6) is 11.5 Å². The minimum absolute atomic E-state index is 0.0678. The number of hydrogen-bond donors (Lipinski definition) is 1. The normalized spacial score (nSPS) is 16.6. The second kappa shape index (κ2) is 8.45. The highest BCUT2D eigenvalue weighted by atomic mass is 32.2. The van der Waals surface area contributed by atoms with Crippen molar-refractivity contribution >= 4 is 17.7 Å². The van der Waals surface area contributed by atoms with E-state index in [2.05, 4.69) is 18.2 Å². The lowest BCUT2D eigenvalue weighted by molar-refractivity contribution is -0.917. The average molecular weight is 400 g/mol. The first-order chi connectivity index (χ1) is 13.7. The molecule has 1 saturated heterocycles. The summed E-state index contributed by atoms with van der Waals surface area (Å²) in [5.41, 5.74) is 3.34. The number of hydrogen-bond acceptors (Lipinski definition) is 4. The fourth-order valence-corrected chi connectivity index (χ4v) is 4.42. The van der Waals surface area contributed by atoms with Crippen molar-refractivity contribution in [1.82, 2.24) is 4.90 Å². The van der Waals surface area contributed by atoms with E-state index in [0.717, 1.165) is 56.4 Å². The Morgan fingerprint density at radius 2 is 2.04 bits per heavy atom. The molecule has 2 aromatic rings.